The van der Waals surface area contributed by atoms with Gasteiger partial charge in [-0.25, -0.2) is 8.78 Å². The number of hydrazine groups is 1. The summed E-state index contributed by atoms with van der Waals surface area (Å²) in [6.45, 7) is 13.9. The first-order valence-corrected chi connectivity index (χ1v) is 11.5. The fraction of sp³-hybridized carbons (Fsp3) is 0.333. The average molecular weight is 470 g/mol. The minimum Gasteiger partial charge on any atom is -0.403 e. The lowest BCUT2D eigenvalue weighted by Crippen LogP contribution is -2.35. The van der Waals surface area contributed by atoms with Crippen molar-refractivity contribution >= 4 is 0 Å². The van der Waals surface area contributed by atoms with Crippen LogP contribution in [-0.2, 0) is 6.54 Å². The van der Waals surface area contributed by atoms with Crippen molar-refractivity contribution in [3.63, 3.8) is 0 Å². The molecule has 184 valence electrons. The SMILES string of the molecule is C=C(NCc1ccc(F)cc1)C1CCCN1C(=C)C/C(=C/N)NN.CC(C)c1ccccc1F. The van der Waals surface area contributed by atoms with Crippen molar-refractivity contribution in [3.05, 3.63) is 108 Å². The minimum atomic E-state index is -0.229. The zero-order valence-corrected chi connectivity index (χ0v) is 20.2. The molecule has 1 saturated heterocycles. The molecular formula is C27H37F2N5. The fourth-order valence-corrected chi connectivity index (χ4v) is 3.87. The molecule has 34 heavy (non-hydrogen) atoms. The zero-order valence-electron chi connectivity index (χ0n) is 20.2. The predicted molar refractivity (Wildman–Crippen MR) is 136 cm³/mol. The Morgan fingerprint density at radius 1 is 1.15 bits per heavy atom. The van der Waals surface area contributed by atoms with Crippen LogP contribution in [0.2, 0.25) is 0 Å². The molecule has 3 rings (SSSR count). The van der Waals surface area contributed by atoms with Crippen molar-refractivity contribution in [3.8, 4) is 0 Å². The zero-order chi connectivity index (χ0) is 25.1. The third kappa shape index (κ3) is 7.92. The van der Waals surface area contributed by atoms with Crippen LogP contribution in [0.5, 0.6) is 0 Å². The molecule has 0 aromatic heterocycles. The summed E-state index contributed by atoms with van der Waals surface area (Å²) in [5, 5.41) is 3.35. The average Bonchev–Trinajstić information content (AvgIpc) is 3.33. The summed E-state index contributed by atoms with van der Waals surface area (Å²) in [7, 11) is 0. The van der Waals surface area contributed by atoms with Crippen LogP contribution in [0.1, 0.15) is 50.2 Å². The van der Waals surface area contributed by atoms with E-state index in [0.29, 0.717) is 13.0 Å². The Balaban J connectivity index is 0.000000340. The van der Waals surface area contributed by atoms with Crippen LogP contribution >= 0.6 is 0 Å². The molecule has 5 nitrogen and oxygen atoms in total. The number of halogens is 2. The van der Waals surface area contributed by atoms with Crippen molar-refractivity contribution in [1.82, 2.24) is 15.6 Å². The van der Waals surface area contributed by atoms with Gasteiger partial charge in [0.15, 0.2) is 0 Å². The Labute approximate surface area is 202 Å². The molecule has 1 atom stereocenters. The van der Waals surface area contributed by atoms with E-state index in [1.165, 1.54) is 24.4 Å². The molecule has 7 heteroatoms. The highest BCUT2D eigenvalue weighted by Gasteiger charge is 2.27. The normalized spacial score (nSPS) is 15.5. The van der Waals surface area contributed by atoms with Gasteiger partial charge in [0.1, 0.15) is 11.6 Å². The third-order valence-electron chi connectivity index (χ3n) is 5.80. The molecule has 0 amide bonds. The number of nitrogens with one attached hydrogen (secondary N) is 2. The van der Waals surface area contributed by atoms with Gasteiger partial charge in [-0.2, -0.15) is 0 Å². The Morgan fingerprint density at radius 2 is 1.82 bits per heavy atom. The quantitative estimate of drug-likeness (QED) is 0.307. The van der Waals surface area contributed by atoms with Gasteiger partial charge in [0.05, 0.1) is 6.04 Å². The number of nitrogens with zero attached hydrogens (tertiary/aromatic N) is 1. The van der Waals surface area contributed by atoms with E-state index in [1.807, 2.05) is 26.0 Å². The van der Waals surface area contributed by atoms with Gasteiger partial charge >= 0.3 is 0 Å². The second-order valence-electron chi connectivity index (χ2n) is 8.61. The van der Waals surface area contributed by atoms with Gasteiger partial charge in [0.25, 0.3) is 0 Å². The maximum Gasteiger partial charge on any atom is 0.126 e. The Hall–Kier alpha value is -3.32. The lowest BCUT2D eigenvalue weighted by Gasteiger charge is -2.31. The van der Waals surface area contributed by atoms with E-state index in [2.05, 4.69) is 28.8 Å². The van der Waals surface area contributed by atoms with Crippen molar-refractivity contribution in [1.29, 1.82) is 0 Å². The van der Waals surface area contributed by atoms with Crippen LogP contribution < -0.4 is 22.3 Å². The number of benzene rings is 2. The van der Waals surface area contributed by atoms with Gasteiger partial charge in [0, 0.05) is 42.8 Å². The fourth-order valence-electron chi connectivity index (χ4n) is 3.87. The molecule has 1 aliphatic heterocycles. The van der Waals surface area contributed by atoms with Gasteiger partial charge < -0.3 is 21.4 Å². The van der Waals surface area contributed by atoms with Crippen LogP contribution in [0.25, 0.3) is 0 Å². The van der Waals surface area contributed by atoms with Crippen LogP contribution in [0.4, 0.5) is 8.78 Å². The molecule has 1 fully saturated rings. The summed E-state index contributed by atoms with van der Waals surface area (Å²) in [5.41, 5.74) is 12.5. The maximum absolute atomic E-state index is 13.0. The van der Waals surface area contributed by atoms with Crippen molar-refractivity contribution in [2.75, 3.05) is 6.54 Å². The number of likely N-dealkylation sites (tertiary alicyclic amines) is 1. The summed E-state index contributed by atoms with van der Waals surface area (Å²) in [6.07, 6.45) is 4.14. The molecule has 0 saturated carbocycles. The summed E-state index contributed by atoms with van der Waals surface area (Å²) < 4.78 is 25.8. The monoisotopic (exact) mass is 469 g/mol. The highest BCUT2D eigenvalue weighted by atomic mass is 19.1. The first-order chi connectivity index (χ1) is 16.3. The summed E-state index contributed by atoms with van der Waals surface area (Å²) >= 11 is 0. The second-order valence-corrected chi connectivity index (χ2v) is 8.61. The van der Waals surface area contributed by atoms with E-state index in [-0.39, 0.29) is 23.6 Å². The second kappa shape index (κ2) is 13.4. The van der Waals surface area contributed by atoms with E-state index in [4.69, 9.17) is 11.6 Å². The standard InChI is InChI=1S/C18H26FN5.C9H11F/c1-13(10-17(11-20)23-21)24-9-3-4-18(24)14(2)22-12-15-5-7-16(19)8-6-15;1-7(2)8-5-3-4-6-9(8)10/h5-8,11,18,22-23H,1-4,9-10,12,20-21H2;3-7H,1-2H3/b17-11-;. The first-order valence-electron chi connectivity index (χ1n) is 11.5. The van der Waals surface area contributed by atoms with E-state index in [1.54, 1.807) is 18.2 Å². The van der Waals surface area contributed by atoms with Crippen LogP contribution in [0.15, 0.2) is 85.0 Å². The maximum atomic E-state index is 13.0. The molecule has 6 N–H and O–H groups in total. The Kier molecular flexibility index (Phi) is 10.6. The number of hydrogen-bond acceptors (Lipinski definition) is 5. The molecule has 0 spiro atoms. The Bertz CT molecular complexity index is 969. The molecule has 0 radical (unpaired) electrons. The van der Waals surface area contributed by atoms with Gasteiger partial charge in [-0.3, -0.25) is 5.84 Å². The van der Waals surface area contributed by atoms with Crippen molar-refractivity contribution in [2.24, 2.45) is 11.6 Å². The summed E-state index contributed by atoms with van der Waals surface area (Å²) in [5.74, 6) is 5.38. The molecule has 2 aromatic carbocycles. The summed E-state index contributed by atoms with van der Waals surface area (Å²) in [6, 6.07) is 13.5. The predicted octanol–water partition coefficient (Wildman–Crippen LogP) is 5.01. The van der Waals surface area contributed by atoms with E-state index in [9.17, 15) is 8.78 Å². The molecule has 1 aliphatic rings. The lowest BCUT2D eigenvalue weighted by molar-refractivity contribution is 0.336. The smallest absolute Gasteiger partial charge is 0.126 e. The topological polar surface area (TPSA) is 79.3 Å². The molecule has 0 aliphatic carbocycles. The molecule has 2 aromatic rings. The van der Waals surface area contributed by atoms with Crippen molar-refractivity contribution < 1.29 is 8.78 Å². The number of rotatable bonds is 9. The van der Waals surface area contributed by atoms with Gasteiger partial charge in [-0.1, -0.05) is 57.3 Å². The van der Waals surface area contributed by atoms with Gasteiger partial charge in [-0.15, -0.1) is 0 Å². The molecule has 1 unspecified atom stereocenters. The number of hydrogen-bond donors (Lipinski definition) is 4. The van der Waals surface area contributed by atoms with E-state index >= 15 is 0 Å². The van der Waals surface area contributed by atoms with Crippen LogP contribution in [0, 0.1) is 11.6 Å². The largest absolute Gasteiger partial charge is 0.403 e. The third-order valence-corrected chi connectivity index (χ3v) is 5.80. The Morgan fingerprint density at radius 3 is 2.38 bits per heavy atom. The molecule has 0 bridgehead atoms. The van der Waals surface area contributed by atoms with E-state index < -0.39 is 0 Å². The van der Waals surface area contributed by atoms with Crippen LogP contribution in [0.3, 0.4) is 0 Å². The highest BCUT2D eigenvalue weighted by molar-refractivity contribution is 5.21. The molecular weight excluding hydrogens is 432 g/mol. The minimum absolute atomic E-state index is 0.0995. The van der Waals surface area contributed by atoms with E-state index in [0.717, 1.165) is 47.6 Å². The van der Waals surface area contributed by atoms with Crippen LogP contribution in [-0.4, -0.2) is 17.5 Å². The van der Waals surface area contributed by atoms with Gasteiger partial charge in [0.2, 0.25) is 0 Å². The molecule has 1 heterocycles. The highest BCUT2D eigenvalue weighted by Crippen LogP contribution is 2.27. The lowest BCUT2D eigenvalue weighted by atomic mass is 10.0. The number of nitrogens with two attached hydrogens (primary N) is 2. The van der Waals surface area contributed by atoms with Crippen molar-refractivity contribution in [2.45, 2.75) is 51.6 Å². The summed E-state index contributed by atoms with van der Waals surface area (Å²) in [4.78, 5) is 2.24. The van der Waals surface area contributed by atoms with Gasteiger partial charge in [-0.05, 0) is 48.1 Å². The first kappa shape index (κ1) is 26.9.